The van der Waals surface area contributed by atoms with Crippen LogP contribution in [0.1, 0.15) is 49.1 Å². The lowest BCUT2D eigenvalue weighted by Gasteiger charge is -2.33. The molecule has 1 amide bonds. The maximum atomic E-state index is 13.5. The minimum atomic E-state index is -0.663. The van der Waals surface area contributed by atoms with Crippen LogP contribution >= 0.6 is 0 Å². The number of hydrogen-bond donors (Lipinski definition) is 1. The van der Waals surface area contributed by atoms with E-state index in [0.717, 1.165) is 63.4 Å². The van der Waals surface area contributed by atoms with Gasteiger partial charge in [-0.05, 0) is 98.5 Å². The van der Waals surface area contributed by atoms with Gasteiger partial charge in [-0.2, -0.15) is 0 Å². The van der Waals surface area contributed by atoms with Crippen molar-refractivity contribution in [3.8, 4) is 0 Å². The third kappa shape index (κ3) is 6.22. The van der Waals surface area contributed by atoms with Crippen molar-refractivity contribution >= 4 is 12.0 Å². The topological polar surface area (TPSA) is 32.3 Å². The normalized spacial score (nSPS) is 22.5. The SMILES string of the molecule is O=C(/C=C/c1cc(F)cc(F)c1)NC1CCC(CN2CCC(c3cccc(F)c3)CC2)C1. The van der Waals surface area contributed by atoms with Crippen molar-refractivity contribution < 1.29 is 18.0 Å². The highest BCUT2D eigenvalue weighted by Gasteiger charge is 2.29. The lowest BCUT2D eigenvalue weighted by molar-refractivity contribution is -0.117. The standard InChI is InChI=1S/C26H29F3N2O/c27-22-3-1-2-21(15-22)20-8-10-31(11-9-20)17-19-4-6-25(14-19)30-26(32)7-5-18-12-23(28)16-24(29)13-18/h1-3,5,7,12-13,15-16,19-20,25H,4,6,8-11,14,17H2,(H,30,32)/b7-5+. The first-order valence-corrected chi connectivity index (χ1v) is 11.4. The number of hydrogen-bond acceptors (Lipinski definition) is 2. The van der Waals surface area contributed by atoms with Gasteiger partial charge in [0.1, 0.15) is 17.5 Å². The zero-order valence-electron chi connectivity index (χ0n) is 18.1. The summed E-state index contributed by atoms with van der Waals surface area (Å²) >= 11 is 0. The van der Waals surface area contributed by atoms with Gasteiger partial charge in [-0.3, -0.25) is 4.79 Å². The molecule has 2 aromatic rings. The molecule has 0 bridgehead atoms. The van der Waals surface area contributed by atoms with Crippen molar-refractivity contribution in [1.82, 2.24) is 10.2 Å². The second-order valence-electron chi connectivity index (χ2n) is 9.05. The van der Waals surface area contributed by atoms with Gasteiger partial charge < -0.3 is 10.2 Å². The summed E-state index contributed by atoms with van der Waals surface area (Å²) in [7, 11) is 0. The summed E-state index contributed by atoms with van der Waals surface area (Å²) in [5.74, 6) is -0.756. The fourth-order valence-electron chi connectivity index (χ4n) is 5.04. The average molecular weight is 443 g/mol. The van der Waals surface area contributed by atoms with Crippen LogP contribution in [0.3, 0.4) is 0 Å². The Morgan fingerprint density at radius 2 is 1.72 bits per heavy atom. The Kier molecular flexibility index (Phi) is 7.30. The molecule has 6 heteroatoms. The lowest BCUT2D eigenvalue weighted by atomic mass is 9.89. The number of benzene rings is 2. The van der Waals surface area contributed by atoms with Crippen molar-refractivity contribution in [3.63, 3.8) is 0 Å². The maximum Gasteiger partial charge on any atom is 0.244 e. The van der Waals surface area contributed by atoms with Gasteiger partial charge in [0.25, 0.3) is 0 Å². The van der Waals surface area contributed by atoms with Crippen LogP contribution < -0.4 is 5.32 Å². The summed E-state index contributed by atoms with van der Waals surface area (Å²) in [5.41, 5.74) is 1.42. The fourth-order valence-corrected chi connectivity index (χ4v) is 5.04. The highest BCUT2D eigenvalue weighted by molar-refractivity contribution is 5.91. The molecule has 1 aliphatic heterocycles. The number of nitrogens with one attached hydrogen (secondary N) is 1. The second-order valence-corrected chi connectivity index (χ2v) is 9.05. The number of rotatable bonds is 6. The van der Waals surface area contributed by atoms with E-state index in [2.05, 4.69) is 10.2 Å². The molecule has 1 saturated heterocycles. The molecule has 0 aromatic heterocycles. The van der Waals surface area contributed by atoms with E-state index in [1.54, 1.807) is 12.1 Å². The van der Waals surface area contributed by atoms with Crippen LogP contribution in [0.5, 0.6) is 0 Å². The van der Waals surface area contributed by atoms with Gasteiger partial charge in [-0.15, -0.1) is 0 Å². The number of amides is 1. The zero-order chi connectivity index (χ0) is 22.5. The second kappa shape index (κ2) is 10.3. The van der Waals surface area contributed by atoms with Gasteiger partial charge in [0.15, 0.2) is 0 Å². The summed E-state index contributed by atoms with van der Waals surface area (Å²) in [6, 6.07) is 10.3. The number of likely N-dealkylation sites (tertiary alicyclic amines) is 1. The first kappa shape index (κ1) is 22.6. The van der Waals surface area contributed by atoms with Crippen molar-refractivity contribution in [2.75, 3.05) is 19.6 Å². The molecule has 2 aromatic carbocycles. The van der Waals surface area contributed by atoms with Gasteiger partial charge in [0.2, 0.25) is 5.91 Å². The Balaban J connectivity index is 1.19. The van der Waals surface area contributed by atoms with Crippen LogP contribution in [0.15, 0.2) is 48.5 Å². The van der Waals surface area contributed by atoms with E-state index in [1.807, 2.05) is 6.07 Å². The average Bonchev–Trinajstić information content (AvgIpc) is 3.19. The van der Waals surface area contributed by atoms with Crippen LogP contribution in [0.2, 0.25) is 0 Å². The molecule has 1 aliphatic carbocycles. The van der Waals surface area contributed by atoms with Crippen molar-refractivity contribution in [1.29, 1.82) is 0 Å². The molecule has 0 radical (unpaired) electrons. The van der Waals surface area contributed by atoms with Crippen molar-refractivity contribution in [2.24, 2.45) is 5.92 Å². The lowest BCUT2D eigenvalue weighted by Crippen LogP contribution is -2.37. The number of nitrogens with zero attached hydrogens (tertiary/aromatic N) is 1. The maximum absolute atomic E-state index is 13.5. The van der Waals surface area contributed by atoms with Crippen LogP contribution in [0.25, 0.3) is 6.08 Å². The van der Waals surface area contributed by atoms with Gasteiger partial charge in [-0.1, -0.05) is 12.1 Å². The van der Waals surface area contributed by atoms with E-state index < -0.39 is 11.6 Å². The summed E-state index contributed by atoms with van der Waals surface area (Å²) in [6.45, 7) is 3.06. The fraction of sp³-hybridized carbons (Fsp3) is 0.423. The van der Waals surface area contributed by atoms with E-state index in [-0.39, 0.29) is 17.8 Å². The third-order valence-electron chi connectivity index (χ3n) is 6.62. The monoisotopic (exact) mass is 442 g/mol. The Morgan fingerprint density at radius 1 is 0.969 bits per heavy atom. The minimum Gasteiger partial charge on any atom is -0.350 e. The van der Waals surface area contributed by atoms with E-state index in [1.165, 1.54) is 30.4 Å². The molecule has 3 nitrogen and oxygen atoms in total. The number of carbonyl (C=O) groups is 1. The summed E-state index contributed by atoms with van der Waals surface area (Å²) < 4.78 is 40.0. The van der Waals surface area contributed by atoms with Gasteiger partial charge >= 0.3 is 0 Å². The molecule has 170 valence electrons. The first-order valence-electron chi connectivity index (χ1n) is 11.4. The van der Waals surface area contributed by atoms with Crippen molar-refractivity contribution in [2.45, 2.75) is 44.1 Å². The molecule has 2 aliphatic rings. The molecule has 32 heavy (non-hydrogen) atoms. The van der Waals surface area contributed by atoms with Crippen LogP contribution in [0.4, 0.5) is 13.2 Å². The molecule has 2 atom stereocenters. The third-order valence-corrected chi connectivity index (χ3v) is 6.62. The molecular weight excluding hydrogens is 413 g/mol. The largest absolute Gasteiger partial charge is 0.350 e. The van der Waals surface area contributed by atoms with E-state index in [0.29, 0.717) is 17.4 Å². The Morgan fingerprint density at radius 3 is 2.44 bits per heavy atom. The molecular formula is C26H29F3N2O. The number of halogens is 3. The van der Waals surface area contributed by atoms with Gasteiger partial charge in [-0.25, -0.2) is 13.2 Å². The predicted molar refractivity (Wildman–Crippen MR) is 119 cm³/mol. The molecule has 1 saturated carbocycles. The van der Waals surface area contributed by atoms with E-state index in [4.69, 9.17) is 0 Å². The number of carbonyl (C=O) groups excluding carboxylic acids is 1. The Hall–Kier alpha value is -2.60. The van der Waals surface area contributed by atoms with E-state index in [9.17, 15) is 18.0 Å². The summed E-state index contributed by atoms with van der Waals surface area (Å²) in [5, 5.41) is 3.01. The molecule has 1 N–H and O–H groups in total. The highest BCUT2D eigenvalue weighted by atomic mass is 19.1. The first-order chi connectivity index (χ1) is 15.4. The minimum absolute atomic E-state index is 0.131. The molecule has 2 unspecified atom stereocenters. The van der Waals surface area contributed by atoms with Crippen LogP contribution in [0, 0.1) is 23.4 Å². The quantitative estimate of drug-likeness (QED) is 0.618. The molecule has 4 rings (SSSR count). The van der Waals surface area contributed by atoms with Crippen molar-refractivity contribution in [3.05, 3.63) is 77.1 Å². The van der Waals surface area contributed by atoms with Crippen LogP contribution in [-0.4, -0.2) is 36.5 Å². The zero-order valence-corrected chi connectivity index (χ0v) is 18.1. The molecule has 0 spiro atoms. The summed E-state index contributed by atoms with van der Waals surface area (Å²) in [4.78, 5) is 14.7. The summed E-state index contributed by atoms with van der Waals surface area (Å²) in [6.07, 6.45) is 7.81. The molecule has 1 heterocycles. The highest BCUT2D eigenvalue weighted by Crippen LogP contribution is 2.31. The Labute approximate surface area is 187 Å². The van der Waals surface area contributed by atoms with Gasteiger partial charge in [0, 0.05) is 24.7 Å². The van der Waals surface area contributed by atoms with E-state index >= 15 is 0 Å². The smallest absolute Gasteiger partial charge is 0.244 e. The number of piperidine rings is 1. The van der Waals surface area contributed by atoms with Gasteiger partial charge in [0.05, 0.1) is 0 Å². The molecule has 2 fully saturated rings. The van der Waals surface area contributed by atoms with Crippen LogP contribution in [-0.2, 0) is 4.79 Å². The predicted octanol–water partition coefficient (Wildman–Crippen LogP) is 5.28. The Bertz CT molecular complexity index is 949.